The second-order valence-corrected chi connectivity index (χ2v) is 12.3. The molecule has 40 heavy (non-hydrogen) atoms. The Balaban J connectivity index is 1.47. The van der Waals surface area contributed by atoms with Crippen molar-refractivity contribution in [3.63, 3.8) is 0 Å². The van der Waals surface area contributed by atoms with Crippen LogP contribution in [0.4, 0.5) is 4.39 Å². The van der Waals surface area contributed by atoms with Crippen molar-refractivity contribution in [2.24, 2.45) is 11.3 Å². The summed E-state index contributed by atoms with van der Waals surface area (Å²) >= 11 is 0. The molecule has 0 aromatic heterocycles. The van der Waals surface area contributed by atoms with Gasteiger partial charge in [-0.05, 0) is 102 Å². The largest absolute Gasteiger partial charge is 0.497 e. The van der Waals surface area contributed by atoms with E-state index in [9.17, 15) is 9.90 Å². The third-order valence-corrected chi connectivity index (χ3v) is 8.82. The van der Waals surface area contributed by atoms with Crippen LogP contribution in [0.5, 0.6) is 11.5 Å². The van der Waals surface area contributed by atoms with Gasteiger partial charge >= 0.3 is 5.97 Å². The molecule has 1 fully saturated rings. The number of methoxy groups -OCH3 is 2. The Morgan fingerprint density at radius 1 is 1.02 bits per heavy atom. The standard InChI is InChI=1S/C34H39FO5/c1-33(2,3)31(39-5)27-17-21(8-12-25(27)26-18-23(38-4)11-13-30(26)35)20-40-24-10-9-22-7-6-15-34(29(22)19-24)16-14-28(34)32(36)37/h8-13,17-19,28,31H,6-7,14-16,20H2,1-5H3,(H,36,37)/t28-,31-,34-/m0/s1. The van der Waals surface area contributed by atoms with Crippen molar-refractivity contribution in [1.29, 1.82) is 0 Å². The van der Waals surface area contributed by atoms with Gasteiger partial charge in [-0.25, -0.2) is 4.39 Å². The van der Waals surface area contributed by atoms with E-state index in [4.69, 9.17) is 14.2 Å². The average Bonchev–Trinajstić information content (AvgIpc) is 2.90. The fourth-order valence-electron chi connectivity index (χ4n) is 6.79. The van der Waals surface area contributed by atoms with Gasteiger partial charge in [0, 0.05) is 18.1 Å². The Kier molecular flexibility index (Phi) is 7.66. The third-order valence-electron chi connectivity index (χ3n) is 8.82. The smallest absolute Gasteiger partial charge is 0.307 e. The lowest BCUT2D eigenvalue weighted by Crippen LogP contribution is -2.50. The highest BCUT2D eigenvalue weighted by atomic mass is 19.1. The van der Waals surface area contributed by atoms with Gasteiger partial charge in [0.15, 0.2) is 0 Å². The molecule has 5 rings (SSSR count). The van der Waals surface area contributed by atoms with Gasteiger partial charge in [-0.1, -0.05) is 39.0 Å². The summed E-state index contributed by atoms with van der Waals surface area (Å²) in [4.78, 5) is 12.0. The number of carboxylic acid groups (broad SMARTS) is 1. The Hall–Kier alpha value is -3.38. The zero-order valence-electron chi connectivity index (χ0n) is 24.1. The van der Waals surface area contributed by atoms with Crippen LogP contribution < -0.4 is 9.47 Å². The van der Waals surface area contributed by atoms with Gasteiger partial charge < -0.3 is 19.3 Å². The topological polar surface area (TPSA) is 65.0 Å². The van der Waals surface area contributed by atoms with E-state index in [1.54, 1.807) is 26.4 Å². The van der Waals surface area contributed by atoms with Gasteiger partial charge in [0.1, 0.15) is 23.9 Å². The van der Waals surface area contributed by atoms with E-state index < -0.39 is 5.97 Å². The molecular formula is C34H39FO5. The summed E-state index contributed by atoms with van der Waals surface area (Å²) in [5.41, 5.74) is 4.90. The van der Waals surface area contributed by atoms with Crippen molar-refractivity contribution in [1.82, 2.24) is 0 Å². The second kappa shape index (κ2) is 10.9. The molecule has 3 aromatic carbocycles. The maximum absolute atomic E-state index is 15.1. The van der Waals surface area contributed by atoms with Crippen LogP contribution in [0.3, 0.4) is 0 Å². The van der Waals surface area contributed by atoms with E-state index in [1.807, 2.05) is 24.3 Å². The summed E-state index contributed by atoms with van der Waals surface area (Å²) in [7, 11) is 3.25. The summed E-state index contributed by atoms with van der Waals surface area (Å²) in [5.74, 6) is -0.0243. The number of carboxylic acids is 1. The minimum Gasteiger partial charge on any atom is -0.497 e. The normalized spacial score (nSPS) is 20.9. The predicted octanol–water partition coefficient (Wildman–Crippen LogP) is 7.88. The van der Waals surface area contributed by atoms with Crippen LogP contribution in [0.1, 0.15) is 74.8 Å². The Morgan fingerprint density at radius 3 is 2.45 bits per heavy atom. The number of fused-ring (bicyclic) bond motifs is 2. The van der Waals surface area contributed by atoms with Gasteiger partial charge in [0.05, 0.1) is 19.1 Å². The number of rotatable bonds is 8. The van der Waals surface area contributed by atoms with Crippen molar-refractivity contribution >= 4 is 5.97 Å². The quantitative estimate of drug-likeness (QED) is 0.311. The summed E-state index contributed by atoms with van der Waals surface area (Å²) in [5, 5.41) is 9.83. The van der Waals surface area contributed by atoms with Crippen LogP contribution in [0.2, 0.25) is 0 Å². The molecule has 0 unspecified atom stereocenters. The molecule has 0 heterocycles. The van der Waals surface area contributed by atoms with E-state index >= 15 is 4.39 Å². The highest BCUT2D eigenvalue weighted by molar-refractivity contribution is 5.75. The molecule has 2 aliphatic rings. The number of aliphatic carboxylic acids is 1. The maximum Gasteiger partial charge on any atom is 0.307 e. The molecule has 3 atom stereocenters. The molecular weight excluding hydrogens is 507 g/mol. The average molecular weight is 547 g/mol. The number of hydrogen-bond donors (Lipinski definition) is 1. The number of benzene rings is 3. The first-order valence-corrected chi connectivity index (χ1v) is 14.1. The number of aryl methyl sites for hydroxylation is 1. The molecule has 1 saturated carbocycles. The molecule has 6 heteroatoms. The summed E-state index contributed by atoms with van der Waals surface area (Å²) in [6, 6.07) is 16.8. The lowest BCUT2D eigenvalue weighted by atomic mass is 9.52. The van der Waals surface area contributed by atoms with Crippen molar-refractivity contribution < 1.29 is 28.5 Å². The van der Waals surface area contributed by atoms with Crippen molar-refractivity contribution in [2.45, 2.75) is 71.0 Å². The highest BCUT2D eigenvalue weighted by Gasteiger charge is 2.53. The van der Waals surface area contributed by atoms with Crippen LogP contribution >= 0.6 is 0 Å². The summed E-state index contributed by atoms with van der Waals surface area (Å²) in [6.07, 6.45) is 4.27. The molecule has 0 amide bonds. The molecule has 1 spiro atoms. The maximum atomic E-state index is 15.1. The molecule has 0 radical (unpaired) electrons. The summed E-state index contributed by atoms with van der Waals surface area (Å²) in [6.45, 7) is 6.63. The zero-order chi connectivity index (χ0) is 28.7. The Morgan fingerprint density at radius 2 is 1.80 bits per heavy atom. The lowest BCUT2D eigenvalue weighted by Gasteiger charge is -2.51. The molecule has 1 N–H and O–H groups in total. The number of halogens is 1. The molecule has 5 nitrogen and oxygen atoms in total. The predicted molar refractivity (Wildman–Crippen MR) is 153 cm³/mol. The van der Waals surface area contributed by atoms with E-state index in [1.165, 1.54) is 11.6 Å². The van der Waals surface area contributed by atoms with Crippen LogP contribution in [-0.2, 0) is 28.0 Å². The first kappa shape index (κ1) is 28.2. The lowest BCUT2D eigenvalue weighted by molar-refractivity contribution is -0.150. The molecule has 212 valence electrons. The van der Waals surface area contributed by atoms with Gasteiger partial charge in [-0.3, -0.25) is 4.79 Å². The van der Waals surface area contributed by atoms with Crippen molar-refractivity contribution in [3.05, 3.63) is 82.7 Å². The van der Waals surface area contributed by atoms with Crippen LogP contribution in [0.25, 0.3) is 11.1 Å². The fraction of sp³-hybridized carbons (Fsp3) is 0.441. The van der Waals surface area contributed by atoms with Crippen LogP contribution in [0, 0.1) is 17.2 Å². The van der Waals surface area contributed by atoms with Gasteiger partial charge in [-0.2, -0.15) is 0 Å². The monoisotopic (exact) mass is 546 g/mol. The second-order valence-electron chi connectivity index (χ2n) is 12.3. The SMILES string of the molecule is COc1ccc(F)c(-c2ccc(COc3ccc4c(c3)[C@@]3(CCC4)CC[C@H]3C(=O)O)cc2[C@H](OC)C(C)(C)C)c1. The minimum absolute atomic E-state index is 0.241. The van der Waals surface area contributed by atoms with E-state index in [0.717, 1.165) is 60.1 Å². The fourth-order valence-corrected chi connectivity index (χ4v) is 6.79. The third kappa shape index (κ3) is 5.10. The van der Waals surface area contributed by atoms with Gasteiger partial charge in [-0.15, -0.1) is 0 Å². The summed E-state index contributed by atoms with van der Waals surface area (Å²) < 4.78 is 32.7. The van der Waals surface area contributed by atoms with E-state index in [2.05, 4.69) is 32.9 Å². The Bertz CT molecular complexity index is 1410. The van der Waals surface area contributed by atoms with Crippen molar-refractivity contribution in [3.8, 4) is 22.6 Å². The zero-order valence-corrected chi connectivity index (χ0v) is 24.1. The van der Waals surface area contributed by atoms with E-state index in [-0.39, 0.29) is 28.7 Å². The molecule has 3 aromatic rings. The highest BCUT2D eigenvalue weighted by Crippen LogP contribution is 2.56. The molecule has 2 aliphatic carbocycles. The minimum atomic E-state index is -0.697. The number of hydrogen-bond acceptors (Lipinski definition) is 4. The Labute approximate surface area is 236 Å². The first-order chi connectivity index (χ1) is 19.1. The van der Waals surface area contributed by atoms with Crippen LogP contribution in [-0.4, -0.2) is 25.3 Å². The number of carbonyl (C=O) groups is 1. The van der Waals surface area contributed by atoms with Gasteiger partial charge in [0.25, 0.3) is 0 Å². The number of ether oxygens (including phenoxy) is 3. The molecule has 0 aliphatic heterocycles. The van der Waals surface area contributed by atoms with Crippen molar-refractivity contribution in [2.75, 3.05) is 14.2 Å². The van der Waals surface area contributed by atoms with Crippen LogP contribution in [0.15, 0.2) is 54.6 Å². The van der Waals surface area contributed by atoms with E-state index in [0.29, 0.717) is 17.9 Å². The molecule has 0 bridgehead atoms. The first-order valence-electron chi connectivity index (χ1n) is 14.1. The molecule has 0 saturated heterocycles. The van der Waals surface area contributed by atoms with Gasteiger partial charge in [0.2, 0.25) is 0 Å².